The van der Waals surface area contributed by atoms with Crippen LogP contribution in [0.3, 0.4) is 0 Å². The Kier molecular flexibility index (Phi) is 4.77. The lowest BCUT2D eigenvalue weighted by Crippen LogP contribution is -2.42. The van der Waals surface area contributed by atoms with Crippen molar-refractivity contribution in [3.8, 4) is 5.75 Å². The maximum Gasteiger partial charge on any atom is 0.227 e. The van der Waals surface area contributed by atoms with Crippen LogP contribution in [-0.4, -0.2) is 23.9 Å². The molecule has 2 aromatic rings. The Morgan fingerprint density at radius 2 is 1.96 bits per heavy atom. The van der Waals surface area contributed by atoms with Crippen LogP contribution >= 0.6 is 0 Å². The predicted octanol–water partition coefficient (Wildman–Crippen LogP) is 3.68. The van der Waals surface area contributed by atoms with E-state index in [1.807, 2.05) is 53.4 Å². The molecule has 3 rings (SSSR count). The summed E-state index contributed by atoms with van der Waals surface area (Å²) in [6.45, 7) is 6.05. The standard InChI is InChI=1S/C20H21NO2/c1-2-16-9-10-19(23-15-17-7-4-3-5-8-17)18(13-16)14-20(22)21-11-6-12-21/h2-5,7-10,13H,1,6,11-12,14-15H2. The van der Waals surface area contributed by atoms with Crippen LogP contribution in [0.5, 0.6) is 5.75 Å². The fraction of sp³-hybridized carbons (Fsp3) is 0.250. The Bertz CT molecular complexity index is 690. The van der Waals surface area contributed by atoms with Crippen LogP contribution in [-0.2, 0) is 17.8 Å². The Morgan fingerprint density at radius 1 is 1.17 bits per heavy atom. The summed E-state index contributed by atoms with van der Waals surface area (Å²) >= 11 is 0. The summed E-state index contributed by atoms with van der Waals surface area (Å²) in [6.07, 6.45) is 3.28. The maximum atomic E-state index is 12.3. The number of amides is 1. The number of hydrogen-bond donors (Lipinski definition) is 0. The average Bonchev–Trinajstić information content (AvgIpc) is 2.53. The van der Waals surface area contributed by atoms with E-state index in [0.717, 1.165) is 42.0 Å². The number of benzene rings is 2. The lowest BCUT2D eigenvalue weighted by Gasteiger charge is -2.31. The molecule has 1 fully saturated rings. The molecule has 2 aromatic carbocycles. The van der Waals surface area contributed by atoms with Crippen LogP contribution in [0, 0.1) is 0 Å². The fourth-order valence-corrected chi connectivity index (χ4v) is 2.58. The Balaban J connectivity index is 1.74. The molecular weight excluding hydrogens is 286 g/mol. The van der Waals surface area contributed by atoms with Gasteiger partial charge in [0.1, 0.15) is 12.4 Å². The van der Waals surface area contributed by atoms with Gasteiger partial charge in [-0.05, 0) is 29.7 Å². The van der Waals surface area contributed by atoms with Gasteiger partial charge in [0.15, 0.2) is 0 Å². The van der Waals surface area contributed by atoms with Gasteiger partial charge in [-0.2, -0.15) is 0 Å². The third kappa shape index (κ3) is 3.81. The van der Waals surface area contributed by atoms with Gasteiger partial charge in [0.25, 0.3) is 0 Å². The minimum Gasteiger partial charge on any atom is -0.489 e. The van der Waals surface area contributed by atoms with Crippen LogP contribution in [0.4, 0.5) is 0 Å². The number of hydrogen-bond acceptors (Lipinski definition) is 2. The van der Waals surface area contributed by atoms with Crippen molar-refractivity contribution >= 4 is 12.0 Å². The van der Waals surface area contributed by atoms with Crippen molar-refractivity contribution < 1.29 is 9.53 Å². The van der Waals surface area contributed by atoms with E-state index in [0.29, 0.717) is 13.0 Å². The van der Waals surface area contributed by atoms with Crippen molar-refractivity contribution in [3.63, 3.8) is 0 Å². The molecule has 0 atom stereocenters. The number of carbonyl (C=O) groups is 1. The second-order valence-corrected chi connectivity index (χ2v) is 5.76. The van der Waals surface area contributed by atoms with Gasteiger partial charge in [-0.1, -0.05) is 49.1 Å². The quantitative estimate of drug-likeness (QED) is 0.814. The molecule has 3 nitrogen and oxygen atoms in total. The second kappa shape index (κ2) is 7.14. The molecule has 3 heteroatoms. The van der Waals surface area contributed by atoms with Crippen molar-refractivity contribution in [3.05, 3.63) is 71.8 Å². The molecule has 0 bridgehead atoms. The second-order valence-electron chi connectivity index (χ2n) is 5.76. The average molecular weight is 307 g/mol. The first-order valence-corrected chi connectivity index (χ1v) is 7.96. The van der Waals surface area contributed by atoms with E-state index >= 15 is 0 Å². The van der Waals surface area contributed by atoms with Gasteiger partial charge in [0.2, 0.25) is 5.91 Å². The topological polar surface area (TPSA) is 29.5 Å². The van der Waals surface area contributed by atoms with Gasteiger partial charge >= 0.3 is 0 Å². The van der Waals surface area contributed by atoms with Crippen molar-refractivity contribution in [2.45, 2.75) is 19.4 Å². The van der Waals surface area contributed by atoms with Gasteiger partial charge in [-0.15, -0.1) is 0 Å². The molecule has 118 valence electrons. The van der Waals surface area contributed by atoms with E-state index in [2.05, 4.69) is 6.58 Å². The van der Waals surface area contributed by atoms with Crippen LogP contribution in [0.15, 0.2) is 55.1 Å². The summed E-state index contributed by atoms with van der Waals surface area (Å²) in [5.41, 5.74) is 3.04. The van der Waals surface area contributed by atoms with Crippen molar-refractivity contribution in [1.29, 1.82) is 0 Å². The van der Waals surface area contributed by atoms with Gasteiger partial charge in [0.05, 0.1) is 6.42 Å². The SMILES string of the molecule is C=Cc1ccc(OCc2ccccc2)c(CC(=O)N2CCC2)c1. The van der Waals surface area contributed by atoms with Gasteiger partial charge < -0.3 is 9.64 Å². The normalized spacial score (nSPS) is 13.3. The number of rotatable bonds is 6. The largest absolute Gasteiger partial charge is 0.489 e. The molecule has 0 radical (unpaired) electrons. The van der Waals surface area contributed by atoms with Crippen molar-refractivity contribution in [2.75, 3.05) is 13.1 Å². The number of carbonyl (C=O) groups excluding carboxylic acids is 1. The molecule has 23 heavy (non-hydrogen) atoms. The van der Waals surface area contributed by atoms with Crippen LogP contribution < -0.4 is 4.74 Å². The Labute approximate surface area is 137 Å². The molecule has 1 aliphatic rings. The molecule has 0 spiro atoms. The van der Waals surface area contributed by atoms with Crippen molar-refractivity contribution in [2.24, 2.45) is 0 Å². The lowest BCUT2D eigenvalue weighted by molar-refractivity contribution is -0.133. The van der Waals surface area contributed by atoms with E-state index in [4.69, 9.17) is 4.74 Å². The summed E-state index contributed by atoms with van der Waals surface area (Å²) in [5, 5.41) is 0. The molecule has 1 heterocycles. The van der Waals surface area contributed by atoms with E-state index in [9.17, 15) is 4.79 Å². The van der Waals surface area contributed by atoms with E-state index in [1.165, 1.54) is 0 Å². The number of ether oxygens (including phenoxy) is 1. The summed E-state index contributed by atoms with van der Waals surface area (Å²) in [5.74, 6) is 0.940. The first kappa shape index (κ1) is 15.3. The van der Waals surface area contributed by atoms with E-state index in [1.54, 1.807) is 6.08 Å². The van der Waals surface area contributed by atoms with Gasteiger partial charge in [-0.3, -0.25) is 4.79 Å². The molecule has 1 amide bonds. The molecule has 0 saturated carbocycles. The lowest BCUT2D eigenvalue weighted by atomic mass is 10.0. The fourth-order valence-electron chi connectivity index (χ4n) is 2.58. The first-order valence-electron chi connectivity index (χ1n) is 7.96. The summed E-state index contributed by atoms with van der Waals surface area (Å²) in [7, 11) is 0. The first-order chi connectivity index (χ1) is 11.3. The monoisotopic (exact) mass is 307 g/mol. The van der Waals surface area contributed by atoms with E-state index in [-0.39, 0.29) is 5.91 Å². The number of nitrogens with zero attached hydrogens (tertiary/aromatic N) is 1. The summed E-state index contributed by atoms with van der Waals surface area (Å²) in [4.78, 5) is 14.2. The number of likely N-dealkylation sites (tertiary alicyclic amines) is 1. The summed E-state index contributed by atoms with van der Waals surface area (Å²) < 4.78 is 5.95. The van der Waals surface area contributed by atoms with Crippen LogP contribution in [0.1, 0.15) is 23.1 Å². The molecule has 0 N–H and O–H groups in total. The van der Waals surface area contributed by atoms with Crippen LogP contribution in [0.25, 0.3) is 6.08 Å². The summed E-state index contributed by atoms with van der Waals surface area (Å²) in [6, 6.07) is 15.9. The molecule has 0 aromatic heterocycles. The predicted molar refractivity (Wildman–Crippen MR) is 92.2 cm³/mol. The van der Waals surface area contributed by atoms with Gasteiger partial charge in [-0.25, -0.2) is 0 Å². The minimum absolute atomic E-state index is 0.169. The zero-order chi connectivity index (χ0) is 16.1. The minimum atomic E-state index is 0.169. The third-order valence-corrected chi connectivity index (χ3v) is 4.11. The van der Waals surface area contributed by atoms with Crippen LogP contribution in [0.2, 0.25) is 0 Å². The van der Waals surface area contributed by atoms with E-state index < -0.39 is 0 Å². The van der Waals surface area contributed by atoms with Crippen molar-refractivity contribution in [1.82, 2.24) is 4.90 Å². The maximum absolute atomic E-state index is 12.3. The van der Waals surface area contributed by atoms with Gasteiger partial charge in [0, 0.05) is 18.7 Å². The highest BCUT2D eigenvalue weighted by atomic mass is 16.5. The third-order valence-electron chi connectivity index (χ3n) is 4.11. The zero-order valence-electron chi connectivity index (χ0n) is 13.2. The highest BCUT2D eigenvalue weighted by molar-refractivity contribution is 5.80. The smallest absolute Gasteiger partial charge is 0.227 e. The molecule has 0 aliphatic carbocycles. The Morgan fingerprint density at radius 3 is 2.61 bits per heavy atom. The highest BCUT2D eigenvalue weighted by Gasteiger charge is 2.21. The molecule has 1 saturated heterocycles. The molecule has 0 unspecified atom stereocenters. The highest BCUT2D eigenvalue weighted by Crippen LogP contribution is 2.24. The molecule has 1 aliphatic heterocycles. The zero-order valence-corrected chi connectivity index (χ0v) is 13.2. The molecular formula is C20H21NO2. The Hall–Kier alpha value is -2.55.